The lowest BCUT2D eigenvalue weighted by Crippen LogP contribution is -2.54. The summed E-state index contributed by atoms with van der Waals surface area (Å²) in [5.74, 6) is 0.945. The summed E-state index contributed by atoms with van der Waals surface area (Å²) >= 11 is 0. The van der Waals surface area contributed by atoms with E-state index in [9.17, 15) is 4.79 Å². The van der Waals surface area contributed by atoms with Gasteiger partial charge in [0.15, 0.2) is 0 Å². The molecule has 0 radical (unpaired) electrons. The monoisotopic (exact) mass is 403 g/mol. The van der Waals surface area contributed by atoms with Crippen molar-refractivity contribution >= 4 is 5.91 Å². The fourth-order valence-corrected chi connectivity index (χ4v) is 4.64. The molecule has 1 amide bonds. The maximum atomic E-state index is 13.1. The fourth-order valence-electron chi connectivity index (χ4n) is 4.64. The Bertz CT molecular complexity index is 694. The van der Waals surface area contributed by atoms with Crippen molar-refractivity contribution in [2.24, 2.45) is 0 Å². The summed E-state index contributed by atoms with van der Waals surface area (Å²) in [5.41, 5.74) is 1.59. The summed E-state index contributed by atoms with van der Waals surface area (Å²) in [6, 6.07) is 5.74. The molecule has 2 aliphatic heterocycles. The van der Waals surface area contributed by atoms with Gasteiger partial charge in [-0.2, -0.15) is 0 Å². The lowest BCUT2D eigenvalue weighted by molar-refractivity contribution is -0.188. The van der Waals surface area contributed by atoms with Crippen LogP contribution >= 0.6 is 0 Å². The zero-order chi connectivity index (χ0) is 21.0. The molecule has 0 bridgehead atoms. The number of ether oxygens (including phenoxy) is 3. The molecule has 29 heavy (non-hydrogen) atoms. The zero-order valence-corrected chi connectivity index (χ0v) is 18.7. The SMILES string of the molecule is CCO[C@@H]1C[C@H](CC)OC2(CCN(C(=O)c3ccc(OC(C)C)c(C)c3)CC2)C1. The van der Waals surface area contributed by atoms with Crippen molar-refractivity contribution in [3.05, 3.63) is 29.3 Å². The van der Waals surface area contributed by atoms with Gasteiger partial charge in [-0.1, -0.05) is 6.92 Å². The predicted octanol–water partition coefficient (Wildman–Crippen LogP) is 4.75. The average Bonchev–Trinajstić information content (AvgIpc) is 2.69. The first-order valence-electron chi connectivity index (χ1n) is 11.2. The third kappa shape index (κ3) is 5.32. The molecule has 0 N–H and O–H groups in total. The van der Waals surface area contributed by atoms with Gasteiger partial charge in [-0.25, -0.2) is 0 Å². The molecule has 2 saturated heterocycles. The number of hydrogen-bond acceptors (Lipinski definition) is 4. The van der Waals surface area contributed by atoms with Gasteiger partial charge in [-0.15, -0.1) is 0 Å². The van der Waals surface area contributed by atoms with E-state index in [1.165, 1.54) is 0 Å². The van der Waals surface area contributed by atoms with Gasteiger partial charge < -0.3 is 19.1 Å². The summed E-state index contributed by atoms with van der Waals surface area (Å²) < 4.78 is 18.3. The van der Waals surface area contributed by atoms with Crippen LogP contribution in [0.5, 0.6) is 5.75 Å². The minimum Gasteiger partial charge on any atom is -0.491 e. The Morgan fingerprint density at radius 3 is 2.59 bits per heavy atom. The van der Waals surface area contributed by atoms with Crippen molar-refractivity contribution in [3.8, 4) is 5.75 Å². The van der Waals surface area contributed by atoms with Crippen LogP contribution in [-0.2, 0) is 9.47 Å². The minimum absolute atomic E-state index is 0.100. The molecule has 3 rings (SSSR count). The molecular weight excluding hydrogens is 366 g/mol. The number of hydrogen-bond donors (Lipinski definition) is 0. The van der Waals surface area contributed by atoms with Crippen molar-refractivity contribution in [1.82, 2.24) is 4.90 Å². The maximum Gasteiger partial charge on any atom is 0.253 e. The van der Waals surface area contributed by atoms with Gasteiger partial charge in [0.05, 0.1) is 23.9 Å². The molecule has 5 heteroatoms. The number of carbonyl (C=O) groups is 1. The average molecular weight is 404 g/mol. The quantitative estimate of drug-likeness (QED) is 0.688. The van der Waals surface area contributed by atoms with Gasteiger partial charge in [0.1, 0.15) is 5.75 Å². The van der Waals surface area contributed by atoms with Crippen LogP contribution in [0.15, 0.2) is 18.2 Å². The molecule has 0 aliphatic carbocycles. The van der Waals surface area contributed by atoms with E-state index in [-0.39, 0.29) is 29.8 Å². The van der Waals surface area contributed by atoms with E-state index in [1.54, 1.807) is 0 Å². The normalized spacial score (nSPS) is 24.1. The molecule has 2 fully saturated rings. The van der Waals surface area contributed by atoms with E-state index in [0.717, 1.165) is 68.7 Å². The number of nitrogens with zero attached hydrogens (tertiary/aromatic N) is 1. The van der Waals surface area contributed by atoms with Crippen molar-refractivity contribution in [1.29, 1.82) is 0 Å². The van der Waals surface area contributed by atoms with Crippen LogP contribution in [-0.4, -0.2) is 54.4 Å². The molecule has 0 saturated carbocycles. The molecule has 0 unspecified atom stereocenters. The van der Waals surface area contributed by atoms with Gasteiger partial charge in [0.25, 0.3) is 5.91 Å². The molecular formula is C24H37NO4. The molecule has 0 aromatic heterocycles. The van der Waals surface area contributed by atoms with E-state index in [4.69, 9.17) is 14.2 Å². The van der Waals surface area contributed by atoms with Crippen LogP contribution in [0.2, 0.25) is 0 Å². The highest BCUT2D eigenvalue weighted by molar-refractivity contribution is 5.94. The number of piperidine rings is 1. The van der Waals surface area contributed by atoms with Crippen LogP contribution in [0, 0.1) is 6.92 Å². The Kier molecular flexibility index (Phi) is 7.23. The molecule has 2 heterocycles. The first-order valence-corrected chi connectivity index (χ1v) is 11.2. The highest BCUT2D eigenvalue weighted by Crippen LogP contribution is 2.39. The Morgan fingerprint density at radius 1 is 1.28 bits per heavy atom. The number of benzene rings is 1. The van der Waals surface area contributed by atoms with Crippen LogP contribution in [0.1, 0.15) is 75.7 Å². The summed E-state index contributed by atoms with van der Waals surface area (Å²) in [5, 5.41) is 0. The van der Waals surface area contributed by atoms with Crippen LogP contribution in [0.3, 0.4) is 0 Å². The summed E-state index contributed by atoms with van der Waals surface area (Å²) in [7, 11) is 0. The lowest BCUT2D eigenvalue weighted by atomic mass is 9.81. The number of likely N-dealkylation sites (tertiary alicyclic amines) is 1. The highest BCUT2D eigenvalue weighted by atomic mass is 16.5. The number of aryl methyl sites for hydroxylation is 1. The maximum absolute atomic E-state index is 13.1. The lowest BCUT2D eigenvalue weighted by Gasteiger charge is -2.48. The standard InChI is InChI=1S/C24H37NO4/c1-6-20-15-21(27-7-2)16-24(29-20)10-12-25(13-11-24)23(26)19-8-9-22(18(5)14-19)28-17(3)4/h8-9,14,17,20-21H,6-7,10-13,15-16H2,1-5H3/t20-,21+/m0/s1. The topological polar surface area (TPSA) is 48.0 Å². The third-order valence-electron chi connectivity index (χ3n) is 6.15. The number of rotatable bonds is 6. The van der Waals surface area contributed by atoms with Crippen molar-refractivity contribution < 1.29 is 19.0 Å². The Hall–Kier alpha value is -1.59. The van der Waals surface area contributed by atoms with Crippen LogP contribution in [0.4, 0.5) is 0 Å². The van der Waals surface area contributed by atoms with Crippen LogP contribution < -0.4 is 4.74 Å². The molecule has 1 spiro atoms. The molecule has 162 valence electrons. The Labute approximate surface area is 175 Å². The van der Waals surface area contributed by atoms with Crippen molar-refractivity contribution in [2.75, 3.05) is 19.7 Å². The Balaban J connectivity index is 1.64. The van der Waals surface area contributed by atoms with E-state index < -0.39 is 0 Å². The minimum atomic E-state index is -0.138. The van der Waals surface area contributed by atoms with Gasteiger partial charge in [-0.05, 0) is 77.1 Å². The highest BCUT2D eigenvalue weighted by Gasteiger charge is 2.44. The van der Waals surface area contributed by atoms with Crippen LogP contribution in [0.25, 0.3) is 0 Å². The molecule has 2 aliphatic rings. The van der Waals surface area contributed by atoms with Gasteiger partial charge in [0, 0.05) is 31.7 Å². The van der Waals surface area contributed by atoms with Gasteiger partial charge >= 0.3 is 0 Å². The second-order valence-electron chi connectivity index (χ2n) is 8.79. The van der Waals surface area contributed by atoms with Crippen molar-refractivity contribution in [2.45, 2.75) is 90.6 Å². The largest absolute Gasteiger partial charge is 0.491 e. The Morgan fingerprint density at radius 2 is 2.00 bits per heavy atom. The smallest absolute Gasteiger partial charge is 0.253 e. The van der Waals surface area contributed by atoms with Crippen molar-refractivity contribution in [3.63, 3.8) is 0 Å². The summed E-state index contributed by atoms with van der Waals surface area (Å²) in [6.07, 6.45) is 5.36. The molecule has 5 nitrogen and oxygen atoms in total. The van der Waals surface area contributed by atoms with E-state index >= 15 is 0 Å². The third-order valence-corrected chi connectivity index (χ3v) is 6.15. The zero-order valence-electron chi connectivity index (χ0n) is 18.7. The first-order chi connectivity index (χ1) is 13.9. The molecule has 1 aromatic carbocycles. The van der Waals surface area contributed by atoms with Gasteiger partial charge in [0.2, 0.25) is 0 Å². The molecule has 1 aromatic rings. The van der Waals surface area contributed by atoms with E-state index in [2.05, 4.69) is 13.8 Å². The fraction of sp³-hybridized carbons (Fsp3) is 0.708. The second kappa shape index (κ2) is 9.48. The van der Waals surface area contributed by atoms with E-state index in [0.29, 0.717) is 0 Å². The summed E-state index contributed by atoms with van der Waals surface area (Å²) in [6.45, 7) is 12.5. The number of carbonyl (C=O) groups excluding carboxylic acids is 1. The van der Waals surface area contributed by atoms with Gasteiger partial charge in [-0.3, -0.25) is 4.79 Å². The first kappa shape index (κ1) is 22.1. The second-order valence-corrected chi connectivity index (χ2v) is 8.79. The molecule has 2 atom stereocenters. The van der Waals surface area contributed by atoms with E-state index in [1.807, 2.05) is 43.9 Å². The predicted molar refractivity (Wildman–Crippen MR) is 115 cm³/mol. The number of amides is 1. The summed E-state index contributed by atoms with van der Waals surface area (Å²) in [4.78, 5) is 15.0.